The van der Waals surface area contributed by atoms with E-state index in [1.54, 1.807) is 17.2 Å². The number of hydrogen-bond acceptors (Lipinski definition) is 2. The molecule has 0 N–H and O–H groups in total. The third-order valence-electron chi connectivity index (χ3n) is 4.81. The number of nitrogens with zero attached hydrogens (tertiary/aromatic N) is 1. The van der Waals surface area contributed by atoms with Crippen LogP contribution in [0.1, 0.15) is 62.5 Å². The lowest BCUT2D eigenvalue weighted by Crippen LogP contribution is -2.04. The van der Waals surface area contributed by atoms with E-state index in [4.69, 9.17) is 0 Å². The molecule has 0 radical (unpaired) electrons. The summed E-state index contributed by atoms with van der Waals surface area (Å²) in [7, 11) is 0. The summed E-state index contributed by atoms with van der Waals surface area (Å²) in [6.07, 6.45) is 4.56. The van der Waals surface area contributed by atoms with Crippen LogP contribution in [-0.2, 0) is 0 Å². The van der Waals surface area contributed by atoms with E-state index in [2.05, 4.69) is 13.8 Å². The summed E-state index contributed by atoms with van der Waals surface area (Å²) < 4.78 is 0. The number of allylic oxidation sites excluding steroid dienone is 2. The van der Waals surface area contributed by atoms with Crippen LogP contribution in [-0.4, -0.2) is 4.92 Å². The normalized spacial score (nSPS) is 23.6. The summed E-state index contributed by atoms with van der Waals surface area (Å²) in [6, 6.07) is 5.44. The van der Waals surface area contributed by atoms with Gasteiger partial charge in [-0.1, -0.05) is 31.1 Å². The molecule has 0 heterocycles. The van der Waals surface area contributed by atoms with Crippen molar-refractivity contribution in [3.63, 3.8) is 0 Å². The predicted octanol–water partition coefficient (Wildman–Crippen LogP) is 4.69. The van der Waals surface area contributed by atoms with Gasteiger partial charge in [0.1, 0.15) is 0 Å². The van der Waals surface area contributed by atoms with E-state index >= 15 is 0 Å². The molecule has 0 aromatic heterocycles. The molecule has 1 saturated carbocycles. The molecule has 0 aliphatic heterocycles. The minimum Gasteiger partial charge on any atom is -0.258 e. The van der Waals surface area contributed by atoms with E-state index < -0.39 is 0 Å². The minimum absolute atomic E-state index is 0.236. The van der Waals surface area contributed by atoms with E-state index in [9.17, 15) is 10.1 Å². The Morgan fingerprint density at radius 3 is 2.68 bits per heavy atom. The van der Waals surface area contributed by atoms with E-state index in [1.165, 1.54) is 17.5 Å². The summed E-state index contributed by atoms with van der Waals surface area (Å²) in [5, 5.41) is 10.9. The molecule has 3 rings (SSSR count). The maximum atomic E-state index is 10.9. The second-order valence-electron chi connectivity index (χ2n) is 5.60. The van der Waals surface area contributed by atoms with Crippen molar-refractivity contribution in [2.24, 2.45) is 0 Å². The molecule has 1 aromatic carbocycles. The van der Waals surface area contributed by atoms with Crippen LogP contribution in [0.25, 0.3) is 0 Å². The molecule has 2 bridgehead atoms. The fourth-order valence-electron chi connectivity index (χ4n) is 3.91. The summed E-state index contributed by atoms with van der Waals surface area (Å²) in [4.78, 5) is 10.6. The molecule has 0 amide bonds. The molecule has 3 nitrogen and oxygen atoms in total. The van der Waals surface area contributed by atoms with Gasteiger partial charge in [-0.05, 0) is 42.7 Å². The molecule has 2 unspecified atom stereocenters. The Balaban J connectivity index is 2.07. The van der Waals surface area contributed by atoms with Crippen LogP contribution < -0.4 is 0 Å². The van der Waals surface area contributed by atoms with Gasteiger partial charge in [-0.3, -0.25) is 10.1 Å². The first kappa shape index (κ1) is 12.4. The van der Waals surface area contributed by atoms with Gasteiger partial charge in [-0.2, -0.15) is 0 Å². The second-order valence-corrected chi connectivity index (χ2v) is 5.60. The zero-order valence-corrected chi connectivity index (χ0v) is 11.5. The third kappa shape index (κ3) is 1.79. The van der Waals surface area contributed by atoms with Gasteiger partial charge in [-0.25, -0.2) is 0 Å². The van der Waals surface area contributed by atoms with Crippen LogP contribution in [0.4, 0.5) is 5.69 Å². The molecule has 2 atom stereocenters. The lowest BCUT2D eigenvalue weighted by Gasteiger charge is -2.21. The van der Waals surface area contributed by atoms with E-state index in [-0.39, 0.29) is 10.6 Å². The first-order chi connectivity index (χ1) is 9.15. The fraction of sp³-hybridized carbons (Fsp3) is 0.500. The smallest absolute Gasteiger partial charge is 0.258 e. The molecule has 2 aliphatic rings. The highest BCUT2D eigenvalue weighted by atomic mass is 16.6. The molecular formula is C16H19NO2. The van der Waals surface area contributed by atoms with E-state index in [1.807, 2.05) is 12.1 Å². The molecule has 1 aromatic rings. The van der Waals surface area contributed by atoms with Crippen molar-refractivity contribution in [1.82, 2.24) is 0 Å². The number of nitro groups is 1. The maximum absolute atomic E-state index is 10.9. The van der Waals surface area contributed by atoms with Gasteiger partial charge in [0.2, 0.25) is 0 Å². The summed E-state index contributed by atoms with van der Waals surface area (Å²) in [5.74, 6) is 1.05. The van der Waals surface area contributed by atoms with Crippen LogP contribution in [0.3, 0.4) is 0 Å². The minimum atomic E-state index is -0.282. The molecular weight excluding hydrogens is 238 g/mol. The van der Waals surface area contributed by atoms with Crippen LogP contribution in [0.2, 0.25) is 0 Å². The lowest BCUT2D eigenvalue weighted by atomic mass is 9.84. The van der Waals surface area contributed by atoms with Gasteiger partial charge in [-0.15, -0.1) is 0 Å². The molecule has 100 valence electrons. The fourth-order valence-corrected chi connectivity index (χ4v) is 3.91. The first-order valence-corrected chi connectivity index (χ1v) is 7.14. The number of non-ortho nitro benzene ring substituents is 1. The van der Waals surface area contributed by atoms with Gasteiger partial charge < -0.3 is 0 Å². The Morgan fingerprint density at radius 1 is 1.32 bits per heavy atom. The number of rotatable bonds is 3. The molecule has 0 saturated heterocycles. The third-order valence-corrected chi connectivity index (χ3v) is 4.81. The van der Waals surface area contributed by atoms with Crippen molar-refractivity contribution in [3.05, 3.63) is 50.6 Å². The Bertz CT molecular complexity index is 568. The van der Waals surface area contributed by atoms with Crippen molar-refractivity contribution in [1.29, 1.82) is 0 Å². The number of nitro benzene ring substituents is 1. The summed E-state index contributed by atoms with van der Waals surface area (Å²) >= 11 is 0. The van der Waals surface area contributed by atoms with Gasteiger partial charge in [0.15, 0.2) is 0 Å². The lowest BCUT2D eigenvalue weighted by molar-refractivity contribution is -0.384. The van der Waals surface area contributed by atoms with Crippen molar-refractivity contribution in [2.75, 3.05) is 0 Å². The van der Waals surface area contributed by atoms with Gasteiger partial charge in [0.25, 0.3) is 5.69 Å². The predicted molar refractivity (Wildman–Crippen MR) is 75.4 cm³/mol. The van der Waals surface area contributed by atoms with Crippen LogP contribution in [0, 0.1) is 10.1 Å². The van der Waals surface area contributed by atoms with Gasteiger partial charge >= 0.3 is 0 Å². The number of fused-ring (bicyclic) bond motifs is 5. The van der Waals surface area contributed by atoms with Crippen molar-refractivity contribution >= 4 is 5.69 Å². The zero-order chi connectivity index (χ0) is 13.6. The SMILES string of the molecule is CCC(CC)=C1CC2CC1c1cc([N+](=O)[O-])ccc12. The highest BCUT2D eigenvalue weighted by molar-refractivity contribution is 5.54. The Kier molecular flexibility index (Phi) is 2.92. The van der Waals surface area contributed by atoms with Crippen LogP contribution >= 0.6 is 0 Å². The van der Waals surface area contributed by atoms with Gasteiger partial charge in [0, 0.05) is 18.1 Å². The molecule has 1 fully saturated rings. The van der Waals surface area contributed by atoms with Crippen molar-refractivity contribution < 1.29 is 4.92 Å². The summed E-state index contributed by atoms with van der Waals surface area (Å²) in [6.45, 7) is 4.43. The zero-order valence-electron chi connectivity index (χ0n) is 11.5. The Labute approximate surface area is 113 Å². The largest absolute Gasteiger partial charge is 0.269 e. The molecule has 19 heavy (non-hydrogen) atoms. The molecule has 2 aliphatic carbocycles. The van der Waals surface area contributed by atoms with Crippen LogP contribution in [0.5, 0.6) is 0 Å². The van der Waals surface area contributed by atoms with E-state index in [0.717, 1.165) is 19.3 Å². The monoisotopic (exact) mass is 257 g/mol. The second kappa shape index (κ2) is 4.48. The van der Waals surface area contributed by atoms with E-state index in [0.29, 0.717) is 11.8 Å². The Hall–Kier alpha value is -1.64. The quantitative estimate of drug-likeness (QED) is 0.448. The van der Waals surface area contributed by atoms with Crippen LogP contribution in [0.15, 0.2) is 29.3 Å². The first-order valence-electron chi connectivity index (χ1n) is 7.14. The number of hydrogen-bond donors (Lipinski definition) is 0. The molecule has 0 spiro atoms. The summed E-state index contributed by atoms with van der Waals surface area (Å²) in [5.41, 5.74) is 5.94. The highest BCUT2D eigenvalue weighted by Crippen LogP contribution is 2.57. The average molecular weight is 257 g/mol. The Morgan fingerprint density at radius 2 is 2.05 bits per heavy atom. The van der Waals surface area contributed by atoms with Gasteiger partial charge in [0.05, 0.1) is 4.92 Å². The number of benzene rings is 1. The topological polar surface area (TPSA) is 43.1 Å². The molecule has 3 heteroatoms. The maximum Gasteiger partial charge on any atom is 0.269 e. The average Bonchev–Trinajstić information content (AvgIpc) is 2.98. The van der Waals surface area contributed by atoms with Crippen molar-refractivity contribution in [2.45, 2.75) is 51.4 Å². The standard InChI is InChI=1S/C16H19NO2/c1-3-10(4-2)14-7-11-8-15(14)16-9-12(17(18)19)5-6-13(11)16/h5-6,9,11,15H,3-4,7-8H2,1-2H3. The van der Waals surface area contributed by atoms with Crippen molar-refractivity contribution in [3.8, 4) is 0 Å². The highest BCUT2D eigenvalue weighted by Gasteiger charge is 2.41.